The van der Waals surface area contributed by atoms with E-state index in [4.69, 9.17) is 17.3 Å². The first kappa shape index (κ1) is 12.0. The Balaban J connectivity index is 2.88. The van der Waals surface area contributed by atoms with E-state index in [1.54, 1.807) is 0 Å². The molecule has 0 aliphatic carbocycles. The van der Waals surface area contributed by atoms with Crippen molar-refractivity contribution >= 4 is 27.5 Å². The van der Waals surface area contributed by atoms with Gasteiger partial charge in [-0.15, -0.1) is 0 Å². The summed E-state index contributed by atoms with van der Waals surface area (Å²) < 4.78 is 1.02. The fourth-order valence-electron chi connectivity index (χ4n) is 1.43. The predicted octanol–water partition coefficient (Wildman–Crippen LogP) is 4.15. The van der Waals surface area contributed by atoms with Crippen LogP contribution < -0.4 is 5.73 Å². The molecular formula is C11H15BrClN. The van der Waals surface area contributed by atoms with Gasteiger partial charge in [-0.05, 0) is 36.1 Å². The van der Waals surface area contributed by atoms with Crippen molar-refractivity contribution in [1.82, 2.24) is 0 Å². The van der Waals surface area contributed by atoms with Crippen LogP contribution in [0, 0.1) is 5.92 Å². The molecule has 0 bridgehead atoms. The van der Waals surface area contributed by atoms with Gasteiger partial charge in [-0.1, -0.05) is 41.4 Å². The molecule has 0 saturated heterocycles. The van der Waals surface area contributed by atoms with E-state index in [1.807, 2.05) is 18.2 Å². The van der Waals surface area contributed by atoms with Crippen molar-refractivity contribution in [3.8, 4) is 0 Å². The van der Waals surface area contributed by atoms with E-state index in [0.717, 1.165) is 21.5 Å². The number of halogens is 2. The Labute approximate surface area is 98.8 Å². The summed E-state index contributed by atoms with van der Waals surface area (Å²) in [6, 6.07) is 5.82. The Morgan fingerprint density at radius 3 is 2.64 bits per heavy atom. The topological polar surface area (TPSA) is 26.0 Å². The molecule has 3 heteroatoms. The molecule has 1 atom stereocenters. The van der Waals surface area contributed by atoms with Crippen molar-refractivity contribution in [1.29, 1.82) is 0 Å². The summed E-state index contributed by atoms with van der Waals surface area (Å²) in [6.45, 7) is 4.32. The van der Waals surface area contributed by atoms with Gasteiger partial charge < -0.3 is 5.73 Å². The quantitative estimate of drug-likeness (QED) is 0.882. The zero-order valence-corrected chi connectivity index (χ0v) is 10.8. The summed E-state index contributed by atoms with van der Waals surface area (Å²) in [5.74, 6) is 0.583. The highest BCUT2D eigenvalue weighted by molar-refractivity contribution is 9.10. The molecule has 0 fully saturated rings. The van der Waals surface area contributed by atoms with E-state index in [0.29, 0.717) is 5.92 Å². The normalized spacial score (nSPS) is 13.3. The van der Waals surface area contributed by atoms with Gasteiger partial charge in [0, 0.05) is 15.5 Å². The lowest BCUT2D eigenvalue weighted by Crippen LogP contribution is -2.13. The van der Waals surface area contributed by atoms with Crippen LogP contribution in [0.15, 0.2) is 22.7 Å². The van der Waals surface area contributed by atoms with Gasteiger partial charge in [0.2, 0.25) is 0 Å². The second-order valence-corrected chi connectivity index (χ2v) is 5.22. The van der Waals surface area contributed by atoms with Gasteiger partial charge in [0.1, 0.15) is 0 Å². The van der Waals surface area contributed by atoms with E-state index >= 15 is 0 Å². The standard InChI is InChI=1S/C11H15BrClN/c1-7(2)5-11(14)9-6-8(12)3-4-10(9)13/h3-4,6-7,11H,5,14H2,1-2H3. The third-order valence-corrected chi connectivity index (χ3v) is 2.92. The molecule has 0 saturated carbocycles. The van der Waals surface area contributed by atoms with Gasteiger partial charge in [0.05, 0.1) is 0 Å². The van der Waals surface area contributed by atoms with Gasteiger partial charge >= 0.3 is 0 Å². The molecule has 1 aromatic carbocycles. The van der Waals surface area contributed by atoms with Crippen LogP contribution in [0.25, 0.3) is 0 Å². The number of hydrogen-bond acceptors (Lipinski definition) is 1. The average molecular weight is 277 g/mol. The largest absolute Gasteiger partial charge is 0.324 e. The first-order valence-corrected chi connectivity index (χ1v) is 5.88. The third kappa shape index (κ3) is 3.26. The molecule has 78 valence electrons. The molecule has 0 spiro atoms. The molecule has 1 unspecified atom stereocenters. The maximum atomic E-state index is 6.07. The van der Waals surface area contributed by atoms with Crippen LogP contribution in [0.5, 0.6) is 0 Å². The fraction of sp³-hybridized carbons (Fsp3) is 0.455. The molecule has 0 amide bonds. The minimum atomic E-state index is 0.0278. The summed E-state index contributed by atoms with van der Waals surface area (Å²) in [4.78, 5) is 0. The molecule has 14 heavy (non-hydrogen) atoms. The maximum absolute atomic E-state index is 6.07. The zero-order chi connectivity index (χ0) is 10.7. The monoisotopic (exact) mass is 275 g/mol. The van der Waals surface area contributed by atoms with Crippen molar-refractivity contribution in [3.05, 3.63) is 33.3 Å². The summed E-state index contributed by atoms with van der Waals surface area (Å²) >= 11 is 9.49. The van der Waals surface area contributed by atoms with Crippen LogP contribution >= 0.6 is 27.5 Å². The van der Waals surface area contributed by atoms with Gasteiger partial charge in [-0.3, -0.25) is 0 Å². The van der Waals surface area contributed by atoms with Gasteiger partial charge in [-0.2, -0.15) is 0 Å². The van der Waals surface area contributed by atoms with Crippen molar-refractivity contribution in [2.45, 2.75) is 26.3 Å². The Kier molecular flexibility index (Phi) is 4.42. The minimum absolute atomic E-state index is 0.0278. The molecule has 2 N–H and O–H groups in total. The maximum Gasteiger partial charge on any atom is 0.0454 e. The van der Waals surface area contributed by atoms with E-state index in [-0.39, 0.29) is 6.04 Å². The lowest BCUT2D eigenvalue weighted by Gasteiger charge is -2.16. The van der Waals surface area contributed by atoms with Crippen LogP contribution in [0.2, 0.25) is 5.02 Å². The number of hydrogen-bond donors (Lipinski definition) is 1. The lowest BCUT2D eigenvalue weighted by molar-refractivity contribution is 0.510. The number of nitrogens with two attached hydrogens (primary N) is 1. The van der Waals surface area contributed by atoms with E-state index in [2.05, 4.69) is 29.8 Å². The van der Waals surface area contributed by atoms with Crippen LogP contribution in [-0.4, -0.2) is 0 Å². The summed E-state index contributed by atoms with van der Waals surface area (Å²) in [5.41, 5.74) is 7.08. The molecule has 0 heterocycles. The van der Waals surface area contributed by atoms with Crippen molar-refractivity contribution < 1.29 is 0 Å². The molecule has 0 aliphatic rings. The average Bonchev–Trinajstić information content (AvgIpc) is 2.08. The van der Waals surface area contributed by atoms with E-state index in [1.165, 1.54) is 0 Å². The van der Waals surface area contributed by atoms with Crippen molar-refractivity contribution in [2.24, 2.45) is 11.7 Å². The molecule has 0 aliphatic heterocycles. The molecule has 0 aromatic heterocycles. The predicted molar refractivity (Wildman–Crippen MR) is 65.5 cm³/mol. The van der Waals surface area contributed by atoms with E-state index < -0.39 is 0 Å². The number of benzene rings is 1. The molecule has 0 radical (unpaired) electrons. The first-order chi connectivity index (χ1) is 6.50. The molecule has 1 nitrogen and oxygen atoms in total. The second kappa shape index (κ2) is 5.15. The highest BCUT2D eigenvalue weighted by Gasteiger charge is 2.11. The molecule has 1 rings (SSSR count). The van der Waals surface area contributed by atoms with Crippen LogP contribution in [0.3, 0.4) is 0 Å². The highest BCUT2D eigenvalue weighted by atomic mass is 79.9. The first-order valence-electron chi connectivity index (χ1n) is 4.71. The SMILES string of the molecule is CC(C)CC(N)c1cc(Br)ccc1Cl. The summed E-state index contributed by atoms with van der Waals surface area (Å²) in [6.07, 6.45) is 0.955. The van der Waals surface area contributed by atoms with Crippen LogP contribution in [0.4, 0.5) is 0 Å². The molecule has 1 aromatic rings. The van der Waals surface area contributed by atoms with E-state index in [9.17, 15) is 0 Å². The number of rotatable bonds is 3. The molecular weight excluding hydrogens is 261 g/mol. The van der Waals surface area contributed by atoms with Crippen molar-refractivity contribution in [3.63, 3.8) is 0 Å². The fourth-order valence-corrected chi connectivity index (χ4v) is 2.07. The Hall–Kier alpha value is -0.0500. The summed E-state index contributed by atoms with van der Waals surface area (Å²) in [7, 11) is 0. The summed E-state index contributed by atoms with van der Waals surface area (Å²) in [5, 5.41) is 0.751. The Bertz CT molecular complexity index is 312. The van der Waals surface area contributed by atoms with Gasteiger partial charge in [0.15, 0.2) is 0 Å². The highest BCUT2D eigenvalue weighted by Crippen LogP contribution is 2.28. The van der Waals surface area contributed by atoms with Gasteiger partial charge in [0.25, 0.3) is 0 Å². The van der Waals surface area contributed by atoms with Crippen LogP contribution in [0.1, 0.15) is 31.9 Å². The second-order valence-electron chi connectivity index (χ2n) is 3.90. The minimum Gasteiger partial charge on any atom is -0.324 e. The smallest absolute Gasteiger partial charge is 0.0454 e. The lowest BCUT2D eigenvalue weighted by atomic mass is 9.98. The Morgan fingerprint density at radius 1 is 1.43 bits per heavy atom. The Morgan fingerprint density at radius 2 is 2.07 bits per heavy atom. The van der Waals surface area contributed by atoms with Crippen molar-refractivity contribution in [2.75, 3.05) is 0 Å². The van der Waals surface area contributed by atoms with Crippen LogP contribution in [-0.2, 0) is 0 Å². The third-order valence-electron chi connectivity index (χ3n) is 2.08. The van der Waals surface area contributed by atoms with Gasteiger partial charge in [-0.25, -0.2) is 0 Å². The zero-order valence-electron chi connectivity index (χ0n) is 8.43.